The van der Waals surface area contributed by atoms with Crippen LogP contribution in [0.2, 0.25) is 0 Å². The monoisotopic (exact) mass is 238 g/mol. The van der Waals surface area contributed by atoms with Crippen molar-refractivity contribution in [2.24, 2.45) is 5.92 Å². The lowest BCUT2D eigenvalue weighted by atomic mass is 9.80. The smallest absolute Gasteiger partial charge is 0.135 e. The van der Waals surface area contributed by atoms with E-state index in [1.54, 1.807) is 0 Å². The summed E-state index contributed by atoms with van der Waals surface area (Å²) in [6.45, 7) is 2.26. The van der Waals surface area contributed by atoms with Crippen molar-refractivity contribution in [3.63, 3.8) is 0 Å². The Bertz CT molecular complexity index is 194. The second-order valence-electron chi connectivity index (χ2n) is 5.67. The van der Waals surface area contributed by atoms with E-state index in [0.717, 1.165) is 12.8 Å². The highest BCUT2D eigenvalue weighted by Gasteiger charge is 2.23. The highest BCUT2D eigenvalue weighted by atomic mass is 16.1. The summed E-state index contributed by atoms with van der Waals surface area (Å²) in [4.78, 5) is 11.6. The Balaban J connectivity index is 1.76. The van der Waals surface area contributed by atoms with Gasteiger partial charge in [-0.25, -0.2) is 0 Å². The molecule has 0 aromatic heterocycles. The highest BCUT2D eigenvalue weighted by molar-refractivity contribution is 5.81. The van der Waals surface area contributed by atoms with Crippen molar-refractivity contribution in [2.75, 3.05) is 0 Å². The second-order valence-corrected chi connectivity index (χ2v) is 5.67. The first kappa shape index (κ1) is 14.7. The van der Waals surface area contributed by atoms with Gasteiger partial charge in [0.05, 0.1) is 0 Å². The minimum absolute atomic E-state index is 0.462. The van der Waals surface area contributed by atoms with Gasteiger partial charge >= 0.3 is 0 Å². The first-order valence-corrected chi connectivity index (χ1v) is 7.87. The Morgan fingerprint density at radius 2 is 1.41 bits per heavy atom. The number of rotatable bonds is 11. The van der Waals surface area contributed by atoms with E-state index in [1.807, 2.05) is 0 Å². The Kier molecular flexibility index (Phi) is 8.38. The van der Waals surface area contributed by atoms with Crippen LogP contribution in [0.5, 0.6) is 0 Å². The molecule has 0 atom stereocenters. The van der Waals surface area contributed by atoms with E-state index >= 15 is 0 Å². The molecular formula is C16H30O. The van der Waals surface area contributed by atoms with E-state index in [0.29, 0.717) is 11.7 Å². The number of hydrogen-bond donors (Lipinski definition) is 0. The molecule has 1 rings (SSSR count). The molecule has 1 saturated carbocycles. The topological polar surface area (TPSA) is 17.1 Å². The standard InChI is InChI=1S/C16H30O/c1-2-3-4-5-6-7-8-9-10-14-16(17)15-12-11-13-15/h15H,2-14H2,1H3. The van der Waals surface area contributed by atoms with Crippen LogP contribution in [0.4, 0.5) is 0 Å². The van der Waals surface area contributed by atoms with Crippen LogP contribution in [-0.2, 0) is 4.79 Å². The van der Waals surface area contributed by atoms with Gasteiger partial charge in [-0.05, 0) is 19.3 Å². The van der Waals surface area contributed by atoms with Gasteiger partial charge in [0, 0.05) is 12.3 Å². The van der Waals surface area contributed by atoms with Crippen LogP contribution >= 0.6 is 0 Å². The van der Waals surface area contributed by atoms with Crippen molar-refractivity contribution in [1.29, 1.82) is 0 Å². The zero-order valence-electron chi connectivity index (χ0n) is 11.7. The van der Waals surface area contributed by atoms with Crippen LogP contribution in [-0.4, -0.2) is 5.78 Å². The summed E-state index contributed by atoms with van der Waals surface area (Å²) in [5.41, 5.74) is 0. The van der Waals surface area contributed by atoms with E-state index in [1.165, 1.54) is 70.6 Å². The van der Waals surface area contributed by atoms with Crippen LogP contribution in [0.25, 0.3) is 0 Å². The molecule has 0 aliphatic heterocycles. The molecule has 1 aliphatic rings. The van der Waals surface area contributed by atoms with Crippen LogP contribution < -0.4 is 0 Å². The van der Waals surface area contributed by atoms with E-state index in [4.69, 9.17) is 0 Å². The molecular weight excluding hydrogens is 208 g/mol. The SMILES string of the molecule is CCCCCCCCCCCC(=O)C1CCC1. The van der Waals surface area contributed by atoms with Gasteiger partial charge in [-0.15, -0.1) is 0 Å². The number of carbonyl (C=O) groups is 1. The predicted octanol–water partition coefficient (Wildman–Crippen LogP) is 5.28. The summed E-state index contributed by atoms with van der Waals surface area (Å²) in [6.07, 6.45) is 16.6. The zero-order chi connectivity index (χ0) is 12.3. The van der Waals surface area contributed by atoms with Crippen LogP contribution in [0.15, 0.2) is 0 Å². The summed E-state index contributed by atoms with van der Waals surface area (Å²) in [5.74, 6) is 1.02. The Hall–Kier alpha value is -0.330. The fourth-order valence-corrected chi connectivity index (χ4v) is 2.54. The quantitative estimate of drug-likeness (QED) is 0.448. The van der Waals surface area contributed by atoms with Crippen LogP contribution in [0.1, 0.15) is 90.4 Å². The van der Waals surface area contributed by atoms with E-state index in [9.17, 15) is 4.79 Å². The molecule has 0 heterocycles. The average molecular weight is 238 g/mol. The summed E-state index contributed by atoms with van der Waals surface area (Å²) >= 11 is 0. The molecule has 0 saturated heterocycles. The lowest BCUT2D eigenvalue weighted by molar-refractivity contribution is -0.125. The van der Waals surface area contributed by atoms with Crippen molar-refractivity contribution in [1.82, 2.24) is 0 Å². The number of ketones is 1. The maximum absolute atomic E-state index is 11.6. The number of unbranched alkanes of at least 4 members (excludes halogenated alkanes) is 8. The Morgan fingerprint density at radius 1 is 0.882 bits per heavy atom. The first-order valence-electron chi connectivity index (χ1n) is 7.87. The molecule has 1 nitrogen and oxygen atoms in total. The average Bonchev–Trinajstić information content (AvgIpc) is 2.24. The van der Waals surface area contributed by atoms with E-state index in [2.05, 4.69) is 6.92 Å². The Labute approximate surface area is 107 Å². The zero-order valence-corrected chi connectivity index (χ0v) is 11.7. The molecule has 0 amide bonds. The van der Waals surface area contributed by atoms with Gasteiger partial charge in [0.25, 0.3) is 0 Å². The van der Waals surface area contributed by atoms with Gasteiger partial charge in [-0.2, -0.15) is 0 Å². The number of hydrogen-bond acceptors (Lipinski definition) is 1. The molecule has 1 aliphatic carbocycles. The normalized spacial score (nSPS) is 15.8. The molecule has 0 spiro atoms. The second kappa shape index (κ2) is 9.67. The summed E-state index contributed by atoms with van der Waals surface area (Å²) in [5, 5.41) is 0. The molecule has 0 bridgehead atoms. The lowest BCUT2D eigenvalue weighted by Crippen LogP contribution is -2.21. The third-order valence-corrected chi connectivity index (χ3v) is 4.09. The minimum Gasteiger partial charge on any atom is -0.299 e. The summed E-state index contributed by atoms with van der Waals surface area (Å²) < 4.78 is 0. The van der Waals surface area contributed by atoms with Gasteiger partial charge in [-0.1, -0.05) is 64.7 Å². The fourth-order valence-electron chi connectivity index (χ4n) is 2.54. The molecule has 1 fully saturated rings. The largest absolute Gasteiger partial charge is 0.299 e. The van der Waals surface area contributed by atoms with Crippen LogP contribution in [0.3, 0.4) is 0 Å². The highest BCUT2D eigenvalue weighted by Crippen LogP contribution is 2.28. The van der Waals surface area contributed by atoms with E-state index < -0.39 is 0 Å². The first-order chi connectivity index (χ1) is 8.34. The molecule has 0 aromatic carbocycles. The third-order valence-electron chi connectivity index (χ3n) is 4.09. The molecule has 0 unspecified atom stereocenters. The van der Waals surface area contributed by atoms with Crippen molar-refractivity contribution >= 4 is 5.78 Å². The van der Waals surface area contributed by atoms with Gasteiger partial charge in [0.15, 0.2) is 0 Å². The maximum Gasteiger partial charge on any atom is 0.135 e. The van der Waals surface area contributed by atoms with Crippen molar-refractivity contribution in [3.05, 3.63) is 0 Å². The van der Waals surface area contributed by atoms with E-state index in [-0.39, 0.29) is 0 Å². The van der Waals surface area contributed by atoms with Crippen LogP contribution in [0, 0.1) is 5.92 Å². The molecule has 100 valence electrons. The third kappa shape index (κ3) is 6.85. The Morgan fingerprint density at radius 3 is 1.88 bits per heavy atom. The van der Waals surface area contributed by atoms with Gasteiger partial charge < -0.3 is 0 Å². The van der Waals surface area contributed by atoms with Crippen molar-refractivity contribution < 1.29 is 4.79 Å². The fraction of sp³-hybridized carbons (Fsp3) is 0.938. The van der Waals surface area contributed by atoms with Gasteiger partial charge in [0.1, 0.15) is 5.78 Å². The van der Waals surface area contributed by atoms with Crippen molar-refractivity contribution in [3.8, 4) is 0 Å². The molecule has 0 aromatic rings. The molecule has 17 heavy (non-hydrogen) atoms. The van der Waals surface area contributed by atoms with Gasteiger partial charge in [0.2, 0.25) is 0 Å². The predicted molar refractivity (Wildman–Crippen MR) is 74.2 cm³/mol. The lowest BCUT2D eigenvalue weighted by Gasteiger charge is -2.23. The van der Waals surface area contributed by atoms with Gasteiger partial charge in [-0.3, -0.25) is 4.79 Å². The molecule has 1 heteroatoms. The summed E-state index contributed by atoms with van der Waals surface area (Å²) in [6, 6.07) is 0. The maximum atomic E-state index is 11.6. The number of Topliss-reactive ketones (excluding diaryl/α,β-unsaturated/α-hetero) is 1. The molecule has 0 radical (unpaired) electrons. The minimum atomic E-state index is 0.462. The molecule has 0 N–H and O–H groups in total. The summed E-state index contributed by atoms with van der Waals surface area (Å²) in [7, 11) is 0. The number of carbonyl (C=O) groups excluding carboxylic acids is 1. The van der Waals surface area contributed by atoms with Crippen molar-refractivity contribution in [2.45, 2.75) is 90.4 Å².